The lowest BCUT2D eigenvalue weighted by Gasteiger charge is -2.13. The van der Waals surface area contributed by atoms with Crippen LogP contribution >= 0.6 is 0 Å². The van der Waals surface area contributed by atoms with Crippen LogP contribution in [0.2, 0.25) is 0 Å². The zero-order valence-corrected chi connectivity index (χ0v) is 12.9. The van der Waals surface area contributed by atoms with Crippen molar-refractivity contribution < 1.29 is 9.21 Å². The molecule has 3 rings (SSSR count). The van der Waals surface area contributed by atoms with Gasteiger partial charge in [-0.3, -0.25) is 0 Å². The Kier molecular flexibility index (Phi) is 4.09. The molecule has 2 aromatic heterocycles. The molecule has 0 saturated heterocycles. The van der Waals surface area contributed by atoms with Crippen LogP contribution in [0, 0.1) is 6.92 Å². The predicted octanol–water partition coefficient (Wildman–Crippen LogP) is 3.05. The molecule has 0 aliphatic heterocycles. The summed E-state index contributed by atoms with van der Waals surface area (Å²) in [6, 6.07) is 10.5. The zero-order chi connectivity index (χ0) is 16.2. The second-order valence-corrected chi connectivity index (χ2v) is 5.13. The van der Waals surface area contributed by atoms with Gasteiger partial charge in [-0.25, -0.2) is 4.79 Å². The fourth-order valence-electron chi connectivity index (χ4n) is 2.15. The number of urea groups is 1. The first-order valence-corrected chi connectivity index (χ1v) is 7.22. The fourth-order valence-corrected chi connectivity index (χ4v) is 2.15. The van der Waals surface area contributed by atoms with Crippen LogP contribution in [0.1, 0.15) is 24.5 Å². The van der Waals surface area contributed by atoms with Crippen LogP contribution in [0.4, 0.5) is 10.5 Å². The molecule has 1 aromatic carbocycles. The Hall–Kier alpha value is -3.09. The highest BCUT2D eigenvalue weighted by atomic mass is 16.3. The number of hydrogen-bond donors (Lipinski definition) is 2. The number of hydrogen-bond acceptors (Lipinski definition) is 4. The minimum absolute atomic E-state index is 0.212. The minimum atomic E-state index is -0.295. The molecule has 3 aromatic rings. The van der Waals surface area contributed by atoms with E-state index < -0.39 is 0 Å². The highest BCUT2D eigenvalue weighted by Gasteiger charge is 2.12. The molecule has 1 unspecified atom stereocenters. The first-order valence-electron chi connectivity index (χ1n) is 7.22. The summed E-state index contributed by atoms with van der Waals surface area (Å²) >= 11 is 0. The van der Waals surface area contributed by atoms with Gasteiger partial charge in [-0.05, 0) is 50.2 Å². The quantitative estimate of drug-likeness (QED) is 0.775. The number of carbonyl (C=O) groups is 1. The van der Waals surface area contributed by atoms with Gasteiger partial charge in [-0.1, -0.05) is 0 Å². The van der Waals surface area contributed by atoms with E-state index in [9.17, 15) is 4.79 Å². The van der Waals surface area contributed by atoms with Crippen LogP contribution in [0.3, 0.4) is 0 Å². The number of amides is 2. The Morgan fingerprint density at radius 2 is 1.83 bits per heavy atom. The van der Waals surface area contributed by atoms with Crippen molar-refractivity contribution in [2.75, 3.05) is 5.32 Å². The monoisotopic (exact) mass is 311 g/mol. The van der Waals surface area contributed by atoms with Crippen molar-refractivity contribution in [1.82, 2.24) is 20.3 Å². The molecule has 0 aliphatic rings. The van der Waals surface area contributed by atoms with Crippen molar-refractivity contribution in [2.45, 2.75) is 19.9 Å². The smallest absolute Gasteiger partial charge is 0.319 e. The Bertz CT molecular complexity index is 777. The maximum absolute atomic E-state index is 12.0. The van der Waals surface area contributed by atoms with Crippen LogP contribution in [-0.2, 0) is 0 Å². The third kappa shape index (κ3) is 3.57. The van der Waals surface area contributed by atoms with E-state index in [0.29, 0.717) is 5.69 Å². The van der Waals surface area contributed by atoms with E-state index in [-0.39, 0.29) is 12.1 Å². The predicted molar refractivity (Wildman–Crippen MR) is 85.4 cm³/mol. The molecule has 0 saturated carbocycles. The molecule has 2 N–H and O–H groups in total. The van der Waals surface area contributed by atoms with Gasteiger partial charge in [0.1, 0.15) is 11.5 Å². The van der Waals surface area contributed by atoms with Crippen LogP contribution in [0.25, 0.3) is 5.69 Å². The normalized spacial score (nSPS) is 11.9. The number of aryl methyl sites for hydroxylation is 1. The highest BCUT2D eigenvalue weighted by Crippen LogP contribution is 2.16. The Morgan fingerprint density at radius 3 is 2.43 bits per heavy atom. The summed E-state index contributed by atoms with van der Waals surface area (Å²) in [7, 11) is 0. The molecule has 1 atom stereocenters. The Labute approximate surface area is 133 Å². The highest BCUT2D eigenvalue weighted by molar-refractivity contribution is 5.89. The molecule has 0 aliphatic carbocycles. The average molecular weight is 311 g/mol. The van der Waals surface area contributed by atoms with Crippen molar-refractivity contribution in [3.05, 3.63) is 60.3 Å². The van der Waals surface area contributed by atoms with Gasteiger partial charge < -0.3 is 15.1 Å². The summed E-state index contributed by atoms with van der Waals surface area (Å²) in [5.41, 5.74) is 1.50. The summed E-state index contributed by atoms with van der Waals surface area (Å²) in [4.78, 5) is 13.5. The van der Waals surface area contributed by atoms with Gasteiger partial charge in [0.05, 0.1) is 24.1 Å². The molecular formula is C16H17N5O2. The van der Waals surface area contributed by atoms with Gasteiger partial charge in [-0.15, -0.1) is 0 Å². The standard InChI is InChI=1S/C16H17N5O2/c1-11-3-8-15(23-11)12(2)19-16(22)20-13-4-6-14(7-5-13)21-17-9-10-18-21/h3-10,12H,1-2H3,(H2,19,20,22). The van der Waals surface area contributed by atoms with E-state index in [1.165, 1.54) is 4.80 Å². The number of furan rings is 1. The largest absolute Gasteiger partial charge is 0.464 e. The second kappa shape index (κ2) is 6.35. The van der Waals surface area contributed by atoms with E-state index in [0.717, 1.165) is 17.2 Å². The number of nitrogens with zero attached hydrogens (tertiary/aromatic N) is 3. The van der Waals surface area contributed by atoms with Crippen molar-refractivity contribution in [3.8, 4) is 5.69 Å². The van der Waals surface area contributed by atoms with Gasteiger partial charge in [0.2, 0.25) is 0 Å². The summed E-state index contributed by atoms with van der Waals surface area (Å²) in [6.07, 6.45) is 3.22. The van der Waals surface area contributed by atoms with Crippen molar-refractivity contribution >= 4 is 11.7 Å². The molecule has 0 spiro atoms. The summed E-state index contributed by atoms with van der Waals surface area (Å²) in [6.45, 7) is 3.73. The lowest BCUT2D eigenvalue weighted by molar-refractivity contribution is 0.247. The molecular weight excluding hydrogens is 294 g/mol. The molecule has 0 fully saturated rings. The van der Waals surface area contributed by atoms with Gasteiger partial charge >= 0.3 is 6.03 Å². The number of nitrogens with one attached hydrogen (secondary N) is 2. The third-order valence-electron chi connectivity index (χ3n) is 3.31. The molecule has 23 heavy (non-hydrogen) atoms. The van der Waals surface area contributed by atoms with Crippen LogP contribution in [0.15, 0.2) is 53.2 Å². The first-order chi connectivity index (χ1) is 11.1. The van der Waals surface area contributed by atoms with E-state index in [2.05, 4.69) is 20.8 Å². The topological polar surface area (TPSA) is 85.0 Å². The number of carbonyl (C=O) groups excluding carboxylic acids is 1. The molecule has 0 radical (unpaired) electrons. The number of aromatic nitrogens is 3. The van der Waals surface area contributed by atoms with E-state index in [1.54, 1.807) is 24.5 Å². The Morgan fingerprint density at radius 1 is 1.13 bits per heavy atom. The van der Waals surface area contributed by atoms with Gasteiger partial charge in [-0.2, -0.15) is 15.0 Å². The van der Waals surface area contributed by atoms with Gasteiger partial charge in [0.25, 0.3) is 0 Å². The summed E-state index contributed by atoms with van der Waals surface area (Å²) in [5, 5.41) is 13.7. The average Bonchev–Trinajstić information content (AvgIpc) is 3.19. The van der Waals surface area contributed by atoms with Crippen molar-refractivity contribution in [1.29, 1.82) is 0 Å². The maximum atomic E-state index is 12.0. The third-order valence-corrected chi connectivity index (χ3v) is 3.31. The molecule has 2 amide bonds. The maximum Gasteiger partial charge on any atom is 0.319 e. The van der Waals surface area contributed by atoms with Crippen LogP contribution in [-0.4, -0.2) is 21.0 Å². The molecule has 118 valence electrons. The molecule has 0 bridgehead atoms. The zero-order valence-electron chi connectivity index (χ0n) is 12.9. The van der Waals surface area contributed by atoms with Crippen LogP contribution < -0.4 is 10.6 Å². The summed E-state index contributed by atoms with van der Waals surface area (Å²) < 4.78 is 5.49. The molecule has 7 heteroatoms. The lowest BCUT2D eigenvalue weighted by atomic mass is 10.2. The summed E-state index contributed by atoms with van der Waals surface area (Å²) in [5.74, 6) is 1.54. The number of benzene rings is 1. The SMILES string of the molecule is Cc1ccc(C(C)NC(=O)Nc2ccc(-n3nccn3)cc2)o1. The lowest BCUT2D eigenvalue weighted by Crippen LogP contribution is -2.30. The molecule has 2 heterocycles. The van der Waals surface area contributed by atoms with Crippen molar-refractivity contribution in [3.63, 3.8) is 0 Å². The van der Waals surface area contributed by atoms with Crippen LogP contribution in [0.5, 0.6) is 0 Å². The number of rotatable bonds is 4. The van der Waals surface area contributed by atoms with E-state index in [4.69, 9.17) is 4.42 Å². The number of anilines is 1. The van der Waals surface area contributed by atoms with E-state index in [1.807, 2.05) is 38.1 Å². The molecule has 7 nitrogen and oxygen atoms in total. The first kappa shape index (κ1) is 14.8. The minimum Gasteiger partial charge on any atom is -0.464 e. The Balaban J connectivity index is 1.59. The van der Waals surface area contributed by atoms with E-state index >= 15 is 0 Å². The van der Waals surface area contributed by atoms with Gasteiger partial charge in [0, 0.05) is 5.69 Å². The van der Waals surface area contributed by atoms with Crippen molar-refractivity contribution in [2.24, 2.45) is 0 Å². The second-order valence-electron chi connectivity index (χ2n) is 5.13. The fraction of sp³-hybridized carbons (Fsp3) is 0.188. The van der Waals surface area contributed by atoms with Gasteiger partial charge in [0.15, 0.2) is 0 Å².